The third kappa shape index (κ3) is 5.09. The van der Waals surface area contributed by atoms with Crippen LogP contribution in [0.4, 0.5) is 61.5 Å². The van der Waals surface area contributed by atoms with E-state index in [0.29, 0.717) is 24.3 Å². The summed E-state index contributed by atoms with van der Waals surface area (Å²) in [6, 6.07) is 1.64. The van der Waals surface area contributed by atoms with Gasteiger partial charge in [-0.1, -0.05) is 12.1 Å². The maximum absolute atomic E-state index is 14.0. The molecule has 0 aliphatic carbocycles. The predicted octanol–water partition coefficient (Wildman–Crippen LogP) is 6.51. The Labute approximate surface area is 163 Å². The molecule has 0 saturated carbocycles. The molecule has 0 heterocycles. The van der Waals surface area contributed by atoms with Crippen molar-refractivity contribution in [3.8, 4) is 5.75 Å². The number of alkyl halides is 14. The molecule has 0 saturated heterocycles. The molecule has 0 aliphatic rings. The van der Waals surface area contributed by atoms with Crippen molar-refractivity contribution in [2.24, 2.45) is 0 Å². The van der Waals surface area contributed by atoms with Gasteiger partial charge < -0.3 is 9.84 Å². The molecule has 0 fully saturated rings. The molecule has 0 bridgehead atoms. The lowest BCUT2D eigenvalue weighted by Gasteiger charge is -2.35. The third-order valence-corrected chi connectivity index (χ3v) is 3.82. The number of halogens is 14. The zero-order valence-corrected chi connectivity index (χ0v) is 14.4. The van der Waals surface area contributed by atoms with Crippen LogP contribution in [0, 0.1) is 0 Å². The maximum atomic E-state index is 14.0. The minimum absolute atomic E-state index is 0.322. The number of phenolic OH excluding ortho intramolecular Hbond substituents is 1. The summed E-state index contributed by atoms with van der Waals surface area (Å²) in [6.45, 7) is -2.20. The minimum Gasteiger partial charge on any atom is -0.508 e. The number of hydrogen-bond acceptors (Lipinski definition) is 2. The van der Waals surface area contributed by atoms with Gasteiger partial charge in [-0.15, -0.1) is 0 Å². The quantitative estimate of drug-likeness (QED) is 0.423. The van der Waals surface area contributed by atoms with Gasteiger partial charge in [-0.2, -0.15) is 61.5 Å². The Morgan fingerprint density at radius 2 is 1.10 bits per heavy atom. The number of hydrogen-bond donors (Lipinski definition) is 1. The third-order valence-electron chi connectivity index (χ3n) is 3.82. The van der Waals surface area contributed by atoms with Crippen molar-refractivity contribution in [2.75, 3.05) is 6.61 Å². The first-order valence-electron chi connectivity index (χ1n) is 7.65. The Hall–Kier alpha value is -2.00. The van der Waals surface area contributed by atoms with E-state index in [9.17, 15) is 61.5 Å². The summed E-state index contributed by atoms with van der Waals surface area (Å²) in [4.78, 5) is 0. The highest BCUT2D eigenvalue weighted by Crippen LogP contribution is 2.53. The normalized spacial score (nSPS) is 15.8. The van der Waals surface area contributed by atoms with Crippen LogP contribution in [0.5, 0.6) is 5.75 Å². The Morgan fingerprint density at radius 3 is 1.48 bits per heavy atom. The minimum atomic E-state index is -6.89. The molecule has 180 valence electrons. The van der Waals surface area contributed by atoms with Gasteiger partial charge in [0.15, 0.2) is 6.10 Å². The molecule has 1 aromatic carbocycles. The van der Waals surface area contributed by atoms with Crippen molar-refractivity contribution in [2.45, 2.75) is 48.6 Å². The van der Waals surface area contributed by atoms with Gasteiger partial charge in [0.05, 0.1) is 6.61 Å². The molecule has 16 heteroatoms. The summed E-state index contributed by atoms with van der Waals surface area (Å²) < 4.78 is 184. The number of rotatable bonds is 8. The summed E-state index contributed by atoms with van der Waals surface area (Å²) >= 11 is 0. The molecule has 0 amide bonds. The van der Waals surface area contributed by atoms with E-state index in [1.54, 1.807) is 0 Å². The Morgan fingerprint density at radius 1 is 0.677 bits per heavy atom. The van der Waals surface area contributed by atoms with Crippen LogP contribution < -0.4 is 0 Å². The van der Waals surface area contributed by atoms with E-state index in [4.69, 9.17) is 5.11 Å². The summed E-state index contributed by atoms with van der Waals surface area (Å²) in [5.41, 5.74) is -1.25. The molecule has 1 N–H and O–H groups in total. The van der Waals surface area contributed by atoms with E-state index in [0.717, 1.165) is 0 Å². The Balaban J connectivity index is 3.26. The zero-order chi connectivity index (χ0) is 24.7. The fourth-order valence-corrected chi connectivity index (χ4v) is 2.08. The van der Waals surface area contributed by atoms with E-state index >= 15 is 0 Å². The molecule has 1 unspecified atom stereocenters. The molecule has 0 spiro atoms. The lowest BCUT2D eigenvalue weighted by molar-refractivity contribution is -0.378. The van der Waals surface area contributed by atoms with Gasteiger partial charge in [-0.3, -0.25) is 0 Å². The lowest BCUT2D eigenvalue weighted by atomic mass is 9.97. The van der Waals surface area contributed by atoms with Crippen LogP contribution in [0.3, 0.4) is 0 Å². The van der Waals surface area contributed by atoms with E-state index in [1.165, 1.54) is 0 Å². The SMILES string of the molecule is Oc1ccc(C(OCCC(F)(F)C(F)(F)C(F)(F)F)C(F)(F)C(F)(F)C(F)(F)F)cc1. The molecule has 0 radical (unpaired) electrons. The van der Waals surface area contributed by atoms with Gasteiger partial charge in [0.1, 0.15) is 5.75 Å². The molecule has 2 nitrogen and oxygen atoms in total. The summed E-state index contributed by atoms with van der Waals surface area (Å²) in [6.07, 6.45) is -20.1. The number of benzene rings is 1. The van der Waals surface area contributed by atoms with Gasteiger partial charge in [-0.25, -0.2) is 0 Å². The average molecular weight is 488 g/mol. The summed E-state index contributed by atoms with van der Waals surface area (Å²) in [5, 5.41) is 9.03. The highest BCUT2D eigenvalue weighted by molar-refractivity contribution is 5.29. The largest absolute Gasteiger partial charge is 0.508 e. The van der Waals surface area contributed by atoms with Crippen molar-refractivity contribution in [3.63, 3.8) is 0 Å². The molecule has 0 aliphatic heterocycles. The first-order chi connectivity index (χ1) is 13.6. The van der Waals surface area contributed by atoms with Gasteiger partial charge >= 0.3 is 36.0 Å². The first-order valence-corrected chi connectivity index (χ1v) is 7.65. The summed E-state index contributed by atoms with van der Waals surface area (Å²) in [5.74, 6) is -26.4. The number of ether oxygens (including phenoxy) is 1. The van der Waals surface area contributed by atoms with Crippen LogP contribution in [-0.2, 0) is 4.74 Å². The van der Waals surface area contributed by atoms with E-state index in [-0.39, 0.29) is 0 Å². The van der Waals surface area contributed by atoms with Gasteiger partial charge in [0.2, 0.25) is 0 Å². The molecule has 1 rings (SSSR count). The van der Waals surface area contributed by atoms with Crippen LogP contribution in [0.1, 0.15) is 18.1 Å². The van der Waals surface area contributed by atoms with Crippen LogP contribution in [0.15, 0.2) is 24.3 Å². The second-order valence-corrected chi connectivity index (χ2v) is 6.06. The number of aromatic hydroxyl groups is 1. The van der Waals surface area contributed by atoms with Gasteiger partial charge in [-0.05, 0) is 17.7 Å². The van der Waals surface area contributed by atoms with E-state index < -0.39 is 66.5 Å². The molecular formula is C15H10F14O2. The highest BCUT2D eigenvalue weighted by Gasteiger charge is 2.76. The maximum Gasteiger partial charge on any atom is 0.459 e. The highest BCUT2D eigenvalue weighted by atomic mass is 19.4. The molecule has 1 aromatic rings. The van der Waals surface area contributed by atoms with Crippen molar-refractivity contribution >= 4 is 0 Å². The Kier molecular flexibility index (Phi) is 7.12. The monoisotopic (exact) mass is 488 g/mol. The molecule has 31 heavy (non-hydrogen) atoms. The smallest absolute Gasteiger partial charge is 0.459 e. The Bertz CT molecular complexity index is 736. The standard InChI is InChI=1S/C15H10F14O2/c16-10(17,12(20,21)14(24,25)26)5-6-31-9(7-1-3-8(30)4-2-7)11(18,19)13(22,23)15(27,28)29/h1-4,9,30H,5-6H2. The molecular weight excluding hydrogens is 478 g/mol. The fourth-order valence-electron chi connectivity index (χ4n) is 2.08. The molecule has 0 aromatic heterocycles. The number of phenols is 1. The predicted molar refractivity (Wildman–Crippen MR) is 73.3 cm³/mol. The second-order valence-electron chi connectivity index (χ2n) is 6.06. The van der Waals surface area contributed by atoms with Crippen LogP contribution in [0.2, 0.25) is 0 Å². The van der Waals surface area contributed by atoms with Crippen molar-refractivity contribution < 1.29 is 71.3 Å². The van der Waals surface area contributed by atoms with Crippen LogP contribution in [0.25, 0.3) is 0 Å². The second kappa shape index (κ2) is 8.16. The van der Waals surface area contributed by atoms with Crippen LogP contribution >= 0.6 is 0 Å². The summed E-state index contributed by atoms with van der Waals surface area (Å²) in [7, 11) is 0. The lowest BCUT2D eigenvalue weighted by Crippen LogP contribution is -2.55. The van der Waals surface area contributed by atoms with Crippen molar-refractivity contribution in [1.82, 2.24) is 0 Å². The van der Waals surface area contributed by atoms with E-state index in [1.807, 2.05) is 0 Å². The molecule has 1 atom stereocenters. The van der Waals surface area contributed by atoms with Gasteiger partial charge in [0.25, 0.3) is 0 Å². The van der Waals surface area contributed by atoms with E-state index in [2.05, 4.69) is 4.74 Å². The fraction of sp³-hybridized carbons (Fsp3) is 0.600. The topological polar surface area (TPSA) is 29.5 Å². The zero-order valence-electron chi connectivity index (χ0n) is 14.4. The average Bonchev–Trinajstić information content (AvgIpc) is 2.57. The van der Waals surface area contributed by atoms with Crippen molar-refractivity contribution in [3.05, 3.63) is 29.8 Å². The van der Waals surface area contributed by atoms with Gasteiger partial charge in [0, 0.05) is 6.42 Å². The van der Waals surface area contributed by atoms with Crippen LogP contribution in [-0.4, -0.2) is 47.8 Å². The first kappa shape index (κ1) is 27.0. The van der Waals surface area contributed by atoms with Crippen molar-refractivity contribution in [1.29, 1.82) is 0 Å².